The lowest BCUT2D eigenvalue weighted by molar-refractivity contribution is 0.0706. The van der Waals surface area contributed by atoms with E-state index in [9.17, 15) is 4.79 Å². The summed E-state index contributed by atoms with van der Waals surface area (Å²) in [5.74, 6) is 0.126. The summed E-state index contributed by atoms with van der Waals surface area (Å²) in [5, 5.41) is 0.923. The minimum absolute atomic E-state index is 0.120. The Morgan fingerprint density at radius 1 is 1.20 bits per heavy atom. The zero-order valence-corrected chi connectivity index (χ0v) is 14.8. The maximum Gasteiger partial charge on any atom is 0.254 e. The molecule has 112 valence electrons. The molecule has 0 heterocycles. The predicted octanol–water partition coefficient (Wildman–Crippen LogP) is 4.62. The normalized spacial score (nSPS) is 11.8. The molecule has 1 rings (SSSR count). The molecule has 0 aliphatic heterocycles. The first-order valence-corrected chi connectivity index (χ1v) is 8.37. The Hall–Kier alpha value is -0.830. The first-order valence-electron chi connectivity index (χ1n) is 7.25. The van der Waals surface area contributed by atoms with Gasteiger partial charge in [-0.2, -0.15) is 0 Å². The summed E-state index contributed by atoms with van der Waals surface area (Å²) in [6.45, 7) is 11.5. The van der Waals surface area contributed by atoms with Gasteiger partial charge < -0.3 is 4.90 Å². The lowest BCUT2D eigenvalue weighted by Gasteiger charge is -2.27. The molecule has 0 fully saturated rings. The van der Waals surface area contributed by atoms with Gasteiger partial charge in [0.25, 0.3) is 5.91 Å². The topological polar surface area (TPSA) is 20.3 Å². The van der Waals surface area contributed by atoms with E-state index >= 15 is 0 Å². The van der Waals surface area contributed by atoms with E-state index in [4.69, 9.17) is 0 Å². The number of hydrogen-bond donors (Lipinski definition) is 0. The fraction of sp³-hybridized carbons (Fsp3) is 0.588. The monoisotopic (exact) mass is 339 g/mol. The third-order valence-corrected chi connectivity index (χ3v) is 3.98. The van der Waals surface area contributed by atoms with Crippen LogP contribution in [0.2, 0.25) is 0 Å². The predicted molar refractivity (Wildman–Crippen MR) is 89.7 cm³/mol. The van der Waals surface area contributed by atoms with Gasteiger partial charge in [0.1, 0.15) is 0 Å². The van der Waals surface area contributed by atoms with Crippen LogP contribution in [0.3, 0.4) is 0 Å². The molecule has 20 heavy (non-hydrogen) atoms. The Morgan fingerprint density at radius 2 is 1.75 bits per heavy atom. The average molecular weight is 340 g/mol. The molecule has 0 aromatic heterocycles. The molecule has 0 saturated carbocycles. The number of amides is 1. The van der Waals surface area contributed by atoms with Crippen LogP contribution in [0.4, 0.5) is 0 Å². The Balaban J connectivity index is 2.89. The Labute approximate surface area is 131 Å². The maximum absolute atomic E-state index is 12.6. The van der Waals surface area contributed by atoms with Crippen molar-refractivity contribution in [3.8, 4) is 0 Å². The van der Waals surface area contributed by atoms with Crippen LogP contribution in [0.25, 0.3) is 0 Å². The lowest BCUT2D eigenvalue weighted by atomic mass is 9.86. The number of hydrogen-bond acceptors (Lipinski definition) is 1. The first-order chi connectivity index (χ1) is 9.27. The second-order valence-electron chi connectivity index (χ2n) is 6.46. The molecule has 2 nitrogen and oxygen atoms in total. The third-order valence-electron chi connectivity index (χ3n) is 3.41. The van der Waals surface area contributed by atoms with E-state index in [0.29, 0.717) is 0 Å². The SMILES string of the molecule is CC(C)N(CCCBr)C(=O)c1ccc(C(C)(C)C)cc1. The van der Waals surface area contributed by atoms with Crippen molar-refractivity contribution in [1.82, 2.24) is 4.90 Å². The van der Waals surface area contributed by atoms with Gasteiger partial charge >= 0.3 is 0 Å². The van der Waals surface area contributed by atoms with Gasteiger partial charge in [0.05, 0.1) is 0 Å². The van der Waals surface area contributed by atoms with Gasteiger partial charge in [-0.25, -0.2) is 0 Å². The van der Waals surface area contributed by atoms with E-state index in [1.165, 1.54) is 5.56 Å². The lowest BCUT2D eigenvalue weighted by Crippen LogP contribution is -2.37. The first kappa shape index (κ1) is 17.2. The fourth-order valence-corrected chi connectivity index (χ4v) is 2.35. The largest absolute Gasteiger partial charge is 0.336 e. The highest BCUT2D eigenvalue weighted by molar-refractivity contribution is 9.09. The molecule has 0 radical (unpaired) electrons. The molecule has 1 aromatic rings. The molecule has 0 atom stereocenters. The van der Waals surface area contributed by atoms with E-state index in [1.54, 1.807) is 0 Å². The molecule has 0 spiro atoms. The number of carbonyl (C=O) groups excluding carboxylic acids is 1. The number of halogens is 1. The van der Waals surface area contributed by atoms with E-state index in [1.807, 2.05) is 17.0 Å². The average Bonchev–Trinajstić information content (AvgIpc) is 2.37. The summed E-state index contributed by atoms with van der Waals surface area (Å²) in [6, 6.07) is 8.26. The van der Waals surface area contributed by atoms with Crippen LogP contribution in [-0.4, -0.2) is 28.7 Å². The second kappa shape index (κ2) is 7.26. The van der Waals surface area contributed by atoms with Crippen LogP contribution < -0.4 is 0 Å². The van der Waals surface area contributed by atoms with Crippen LogP contribution in [0.15, 0.2) is 24.3 Å². The molecule has 3 heteroatoms. The zero-order valence-electron chi connectivity index (χ0n) is 13.2. The van der Waals surface area contributed by atoms with Crippen molar-refractivity contribution in [3.05, 3.63) is 35.4 Å². The molecule has 0 unspecified atom stereocenters. The van der Waals surface area contributed by atoms with Crippen LogP contribution in [-0.2, 0) is 5.41 Å². The Kier molecular flexibility index (Phi) is 6.25. The molecule has 0 aliphatic rings. The summed E-state index contributed by atoms with van der Waals surface area (Å²) in [5.41, 5.74) is 2.15. The van der Waals surface area contributed by atoms with Gasteiger partial charge in [-0.15, -0.1) is 0 Å². The van der Waals surface area contributed by atoms with Crippen molar-refractivity contribution in [2.75, 3.05) is 11.9 Å². The van der Waals surface area contributed by atoms with Crippen molar-refractivity contribution in [3.63, 3.8) is 0 Å². The number of rotatable bonds is 5. The summed E-state index contributed by atoms with van der Waals surface area (Å²) in [6.07, 6.45) is 0.976. The summed E-state index contributed by atoms with van der Waals surface area (Å²) in [4.78, 5) is 14.5. The van der Waals surface area contributed by atoms with Crippen molar-refractivity contribution < 1.29 is 4.79 Å². The van der Waals surface area contributed by atoms with Crippen LogP contribution in [0.1, 0.15) is 57.0 Å². The van der Waals surface area contributed by atoms with Gasteiger partial charge in [0.15, 0.2) is 0 Å². The minimum Gasteiger partial charge on any atom is -0.336 e. The summed E-state index contributed by atoms with van der Waals surface area (Å²) < 4.78 is 0. The second-order valence-corrected chi connectivity index (χ2v) is 7.26. The van der Waals surface area contributed by atoms with E-state index in [-0.39, 0.29) is 17.4 Å². The number of nitrogens with zero attached hydrogens (tertiary/aromatic N) is 1. The van der Waals surface area contributed by atoms with Crippen molar-refractivity contribution in [2.24, 2.45) is 0 Å². The Bertz CT molecular complexity index is 431. The van der Waals surface area contributed by atoms with Gasteiger partial charge in [0, 0.05) is 23.5 Å². The minimum atomic E-state index is 0.120. The van der Waals surface area contributed by atoms with E-state index < -0.39 is 0 Å². The van der Waals surface area contributed by atoms with Crippen molar-refractivity contribution in [1.29, 1.82) is 0 Å². The number of alkyl halides is 1. The fourth-order valence-electron chi connectivity index (χ4n) is 2.10. The van der Waals surface area contributed by atoms with Crippen LogP contribution >= 0.6 is 15.9 Å². The molecule has 0 aliphatic carbocycles. The quantitative estimate of drug-likeness (QED) is 0.716. The molecule has 1 aromatic carbocycles. The highest BCUT2D eigenvalue weighted by Gasteiger charge is 2.19. The van der Waals surface area contributed by atoms with Crippen molar-refractivity contribution in [2.45, 2.75) is 52.5 Å². The molecular weight excluding hydrogens is 314 g/mol. The smallest absolute Gasteiger partial charge is 0.254 e. The highest BCUT2D eigenvalue weighted by atomic mass is 79.9. The molecular formula is C17H26BrNO. The summed E-state index contributed by atoms with van der Waals surface area (Å²) in [7, 11) is 0. The van der Waals surface area contributed by atoms with Gasteiger partial charge in [-0.05, 0) is 43.4 Å². The number of carbonyl (C=O) groups is 1. The van der Waals surface area contributed by atoms with E-state index in [2.05, 4.69) is 62.7 Å². The molecule has 1 amide bonds. The van der Waals surface area contributed by atoms with E-state index in [0.717, 1.165) is 23.9 Å². The van der Waals surface area contributed by atoms with Gasteiger partial charge in [-0.3, -0.25) is 4.79 Å². The zero-order chi connectivity index (χ0) is 15.3. The van der Waals surface area contributed by atoms with Crippen molar-refractivity contribution >= 4 is 21.8 Å². The molecule has 0 bridgehead atoms. The summed E-state index contributed by atoms with van der Waals surface area (Å²) >= 11 is 3.43. The van der Waals surface area contributed by atoms with Gasteiger partial charge in [-0.1, -0.05) is 48.8 Å². The molecule has 0 saturated heterocycles. The molecule has 0 N–H and O–H groups in total. The third kappa shape index (κ3) is 4.62. The van der Waals surface area contributed by atoms with Gasteiger partial charge in [0.2, 0.25) is 0 Å². The van der Waals surface area contributed by atoms with Crippen LogP contribution in [0.5, 0.6) is 0 Å². The maximum atomic E-state index is 12.6. The Morgan fingerprint density at radius 3 is 2.15 bits per heavy atom. The van der Waals surface area contributed by atoms with Crippen LogP contribution in [0, 0.1) is 0 Å². The highest BCUT2D eigenvalue weighted by Crippen LogP contribution is 2.22. The standard InChI is InChI=1S/C17H26BrNO/c1-13(2)19(12-6-11-18)16(20)14-7-9-15(10-8-14)17(3,4)5/h7-10,13H,6,11-12H2,1-5H3. The number of benzene rings is 1.